The summed E-state index contributed by atoms with van der Waals surface area (Å²) in [5, 5.41) is 0. The number of furan rings is 2. The van der Waals surface area contributed by atoms with E-state index in [1.54, 1.807) is 47.4 Å². The van der Waals surface area contributed by atoms with Gasteiger partial charge in [0.05, 0.1) is 12.8 Å². The zero-order chi connectivity index (χ0) is 18.8. The second kappa shape index (κ2) is 6.87. The van der Waals surface area contributed by atoms with Crippen LogP contribution in [-0.2, 0) is 13.0 Å². The highest BCUT2D eigenvalue weighted by Gasteiger charge is 2.10. The summed E-state index contributed by atoms with van der Waals surface area (Å²) in [4.78, 5) is 26.0. The molecule has 1 amide bonds. The predicted molar refractivity (Wildman–Crippen MR) is 98.3 cm³/mol. The fourth-order valence-electron chi connectivity index (χ4n) is 2.88. The molecule has 0 saturated carbocycles. The van der Waals surface area contributed by atoms with Crippen LogP contribution in [-0.4, -0.2) is 15.5 Å². The highest BCUT2D eigenvalue weighted by Crippen LogP contribution is 2.23. The van der Waals surface area contributed by atoms with Crippen LogP contribution < -0.4 is 11.4 Å². The second-order valence-electron chi connectivity index (χ2n) is 6.18. The van der Waals surface area contributed by atoms with Crippen LogP contribution in [0.5, 0.6) is 0 Å². The zero-order valence-corrected chi connectivity index (χ0v) is 14.3. The fourth-order valence-corrected chi connectivity index (χ4v) is 2.88. The normalized spacial score (nSPS) is 11.0. The molecular weight excluding hydrogens is 346 g/mol. The highest BCUT2D eigenvalue weighted by molar-refractivity contribution is 5.93. The molecule has 0 spiro atoms. The van der Waals surface area contributed by atoms with Crippen LogP contribution in [0.15, 0.2) is 74.6 Å². The zero-order valence-electron chi connectivity index (χ0n) is 14.3. The van der Waals surface area contributed by atoms with Gasteiger partial charge >= 0.3 is 5.69 Å². The van der Waals surface area contributed by atoms with E-state index in [4.69, 9.17) is 14.6 Å². The van der Waals surface area contributed by atoms with Gasteiger partial charge in [0.2, 0.25) is 5.91 Å². The van der Waals surface area contributed by atoms with E-state index in [0.29, 0.717) is 30.0 Å². The van der Waals surface area contributed by atoms with Crippen LogP contribution in [0.2, 0.25) is 0 Å². The van der Waals surface area contributed by atoms with Crippen molar-refractivity contribution in [1.29, 1.82) is 0 Å². The Bertz CT molecular complexity index is 1110. The maximum Gasteiger partial charge on any atom is 0.326 e. The number of benzene rings is 1. The number of hydrogen-bond acceptors (Lipinski definition) is 4. The second-order valence-corrected chi connectivity index (χ2v) is 6.18. The van der Waals surface area contributed by atoms with Crippen LogP contribution in [0.3, 0.4) is 0 Å². The molecule has 7 heteroatoms. The summed E-state index contributed by atoms with van der Waals surface area (Å²) in [6.07, 6.45) is 3.79. The lowest BCUT2D eigenvalue weighted by atomic mass is 10.1. The molecule has 1 aromatic carbocycles. The van der Waals surface area contributed by atoms with E-state index in [2.05, 4.69) is 4.98 Å². The molecule has 4 rings (SSSR count). The number of nitrogens with zero attached hydrogens (tertiary/aromatic N) is 1. The van der Waals surface area contributed by atoms with Crippen molar-refractivity contribution >= 4 is 5.91 Å². The molecule has 0 unspecified atom stereocenters. The summed E-state index contributed by atoms with van der Waals surface area (Å²) >= 11 is 0. The molecule has 3 aromatic heterocycles. The molecule has 27 heavy (non-hydrogen) atoms. The first-order valence-corrected chi connectivity index (χ1v) is 8.38. The van der Waals surface area contributed by atoms with Crippen molar-refractivity contribution in [2.24, 2.45) is 5.73 Å². The van der Waals surface area contributed by atoms with Gasteiger partial charge in [0, 0.05) is 29.4 Å². The van der Waals surface area contributed by atoms with Crippen LogP contribution in [0.1, 0.15) is 27.6 Å². The van der Waals surface area contributed by atoms with E-state index in [1.165, 1.54) is 0 Å². The highest BCUT2D eigenvalue weighted by atomic mass is 16.3. The molecule has 4 aromatic rings. The van der Waals surface area contributed by atoms with E-state index in [9.17, 15) is 9.59 Å². The van der Waals surface area contributed by atoms with Gasteiger partial charge in [-0.2, -0.15) is 0 Å². The standard InChI is InChI=1S/C20H17N3O4/c21-19(24)14-5-3-13(4-6-14)18-8-7-16(27-18)10-15-11-23(20(25)22-15)12-17-2-1-9-26-17/h1-9,11H,10,12H2,(H2,21,24)(H,22,25). The van der Waals surface area contributed by atoms with E-state index in [-0.39, 0.29) is 5.69 Å². The summed E-state index contributed by atoms with van der Waals surface area (Å²) in [5.74, 6) is 1.64. The van der Waals surface area contributed by atoms with E-state index in [1.807, 2.05) is 18.2 Å². The van der Waals surface area contributed by atoms with Crippen molar-refractivity contribution in [2.75, 3.05) is 0 Å². The molecule has 3 heterocycles. The van der Waals surface area contributed by atoms with E-state index in [0.717, 1.165) is 17.0 Å². The average molecular weight is 363 g/mol. The molecule has 0 bridgehead atoms. The molecule has 0 aliphatic heterocycles. The van der Waals surface area contributed by atoms with Gasteiger partial charge in [-0.05, 0) is 36.4 Å². The average Bonchev–Trinajstić information content (AvgIpc) is 3.39. The molecule has 3 N–H and O–H groups in total. The number of primary amides is 1. The Morgan fingerprint density at radius 3 is 2.59 bits per heavy atom. The minimum Gasteiger partial charge on any atom is -0.467 e. The van der Waals surface area contributed by atoms with Crippen molar-refractivity contribution in [1.82, 2.24) is 9.55 Å². The van der Waals surface area contributed by atoms with Gasteiger partial charge in [-0.3, -0.25) is 9.36 Å². The van der Waals surface area contributed by atoms with Crippen molar-refractivity contribution in [2.45, 2.75) is 13.0 Å². The Balaban J connectivity index is 1.49. The number of hydrogen-bond donors (Lipinski definition) is 2. The van der Waals surface area contributed by atoms with Crippen molar-refractivity contribution < 1.29 is 13.6 Å². The third kappa shape index (κ3) is 3.62. The monoisotopic (exact) mass is 363 g/mol. The summed E-state index contributed by atoms with van der Waals surface area (Å²) < 4.78 is 12.7. The summed E-state index contributed by atoms with van der Waals surface area (Å²) in [6.45, 7) is 0.373. The molecule has 0 aliphatic carbocycles. The molecule has 136 valence electrons. The van der Waals surface area contributed by atoms with Gasteiger partial charge in [0.25, 0.3) is 0 Å². The molecule has 0 saturated heterocycles. The summed E-state index contributed by atoms with van der Waals surface area (Å²) in [5.41, 5.74) is 7.09. The lowest BCUT2D eigenvalue weighted by molar-refractivity contribution is 0.100. The lowest BCUT2D eigenvalue weighted by Gasteiger charge is -1.99. The molecule has 7 nitrogen and oxygen atoms in total. The molecule has 0 aliphatic rings. The Morgan fingerprint density at radius 2 is 1.89 bits per heavy atom. The number of carbonyl (C=O) groups excluding carboxylic acids is 1. The van der Waals surface area contributed by atoms with E-state index >= 15 is 0 Å². The molecule has 0 fully saturated rings. The predicted octanol–water partition coefficient (Wildman–Crippen LogP) is 2.77. The minimum absolute atomic E-state index is 0.199. The maximum absolute atomic E-state index is 12.1. The summed E-state index contributed by atoms with van der Waals surface area (Å²) in [7, 11) is 0. The first-order chi connectivity index (χ1) is 13.1. The molecule has 0 radical (unpaired) electrons. The van der Waals surface area contributed by atoms with Crippen molar-refractivity contribution in [3.8, 4) is 11.3 Å². The number of imidazole rings is 1. The minimum atomic E-state index is -0.468. The van der Waals surface area contributed by atoms with Crippen molar-refractivity contribution in [3.63, 3.8) is 0 Å². The number of amides is 1. The first kappa shape index (κ1) is 16.7. The lowest BCUT2D eigenvalue weighted by Crippen LogP contribution is -2.16. The van der Waals surface area contributed by atoms with Gasteiger partial charge < -0.3 is 19.6 Å². The van der Waals surface area contributed by atoms with Crippen molar-refractivity contribution in [3.05, 3.63) is 94.3 Å². The van der Waals surface area contributed by atoms with Gasteiger partial charge in [0.1, 0.15) is 17.3 Å². The third-order valence-electron chi connectivity index (χ3n) is 4.23. The van der Waals surface area contributed by atoms with Crippen LogP contribution in [0.25, 0.3) is 11.3 Å². The Morgan fingerprint density at radius 1 is 1.07 bits per heavy atom. The number of aromatic nitrogens is 2. The number of H-pyrrole nitrogens is 1. The first-order valence-electron chi connectivity index (χ1n) is 8.38. The number of rotatable bonds is 6. The SMILES string of the molecule is NC(=O)c1ccc(-c2ccc(Cc3cn(Cc4ccco4)c(=O)[nH]3)o2)cc1. The van der Waals surface area contributed by atoms with Crippen LogP contribution >= 0.6 is 0 Å². The third-order valence-corrected chi connectivity index (χ3v) is 4.23. The van der Waals surface area contributed by atoms with Gasteiger partial charge in [-0.25, -0.2) is 4.79 Å². The Hall–Kier alpha value is -3.74. The number of nitrogens with two attached hydrogens (primary N) is 1. The van der Waals surface area contributed by atoms with Gasteiger partial charge in [-0.1, -0.05) is 12.1 Å². The summed E-state index contributed by atoms with van der Waals surface area (Å²) in [6, 6.07) is 14.2. The fraction of sp³-hybridized carbons (Fsp3) is 0.100. The van der Waals surface area contributed by atoms with E-state index < -0.39 is 5.91 Å². The maximum atomic E-state index is 12.1. The Labute approximate surface area is 154 Å². The number of aromatic amines is 1. The van der Waals surface area contributed by atoms with Crippen LogP contribution in [0.4, 0.5) is 0 Å². The van der Waals surface area contributed by atoms with Gasteiger partial charge in [-0.15, -0.1) is 0 Å². The molecule has 0 atom stereocenters. The topological polar surface area (TPSA) is 107 Å². The smallest absolute Gasteiger partial charge is 0.326 e. The largest absolute Gasteiger partial charge is 0.467 e. The van der Waals surface area contributed by atoms with Gasteiger partial charge in [0.15, 0.2) is 0 Å². The quantitative estimate of drug-likeness (QED) is 0.549. The van der Waals surface area contributed by atoms with Crippen LogP contribution in [0, 0.1) is 0 Å². The number of carbonyl (C=O) groups is 1. The Kier molecular flexibility index (Phi) is 4.25. The number of nitrogens with one attached hydrogen (secondary N) is 1. The molecular formula is C20H17N3O4.